The number of hydrogen-bond donors (Lipinski definition) is 1. The lowest BCUT2D eigenvalue weighted by molar-refractivity contribution is -0.122. The maximum Gasteiger partial charge on any atom is 0.226 e. The summed E-state index contributed by atoms with van der Waals surface area (Å²) in [6.45, 7) is 6.14. The van der Waals surface area contributed by atoms with Crippen molar-refractivity contribution in [3.05, 3.63) is 29.2 Å². The summed E-state index contributed by atoms with van der Waals surface area (Å²) in [6, 6.07) is 0.0841. The molecule has 1 aliphatic rings. The molecule has 1 amide bonds. The van der Waals surface area contributed by atoms with Crippen molar-refractivity contribution in [3.63, 3.8) is 0 Å². The number of nitrogens with one attached hydrogen (secondary N) is 1. The van der Waals surface area contributed by atoms with Gasteiger partial charge in [-0.3, -0.25) is 9.48 Å². The molecule has 7 nitrogen and oxygen atoms in total. The van der Waals surface area contributed by atoms with Gasteiger partial charge in [-0.05, 0) is 25.7 Å². The molecule has 0 radical (unpaired) electrons. The zero-order valence-corrected chi connectivity index (χ0v) is 15.5. The normalized spacial score (nSPS) is 17.4. The minimum Gasteiger partial charge on any atom is -0.349 e. The molecule has 2 aromatic heterocycles. The van der Waals surface area contributed by atoms with Gasteiger partial charge >= 0.3 is 0 Å². The van der Waals surface area contributed by atoms with Crippen LogP contribution in [-0.4, -0.2) is 25.8 Å². The predicted molar refractivity (Wildman–Crippen MR) is 93.0 cm³/mol. The van der Waals surface area contributed by atoms with Gasteiger partial charge in [-0.2, -0.15) is 10.1 Å². The molecule has 0 aliphatic heterocycles. The Balaban J connectivity index is 1.48. The van der Waals surface area contributed by atoms with E-state index in [9.17, 15) is 4.79 Å². The van der Waals surface area contributed by atoms with Crippen LogP contribution in [0.25, 0.3) is 0 Å². The molecule has 0 spiro atoms. The summed E-state index contributed by atoms with van der Waals surface area (Å²) in [7, 11) is 1.96. The summed E-state index contributed by atoms with van der Waals surface area (Å²) in [6.07, 6.45) is 6.75. The summed E-state index contributed by atoms with van der Waals surface area (Å²) in [5, 5.41) is 11.5. The van der Waals surface area contributed by atoms with Gasteiger partial charge in [0.25, 0.3) is 0 Å². The minimum atomic E-state index is -0.123. The van der Waals surface area contributed by atoms with Crippen LogP contribution in [0, 0.1) is 0 Å². The first-order chi connectivity index (χ1) is 11.8. The highest BCUT2D eigenvalue weighted by atomic mass is 16.5. The number of amides is 1. The molecule has 2 heterocycles. The van der Waals surface area contributed by atoms with Crippen LogP contribution in [0.3, 0.4) is 0 Å². The van der Waals surface area contributed by atoms with Crippen LogP contribution in [0.4, 0.5) is 0 Å². The van der Waals surface area contributed by atoms with Crippen LogP contribution in [0.2, 0.25) is 0 Å². The molecule has 25 heavy (non-hydrogen) atoms. The molecule has 0 saturated carbocycles. The van der Waals surface area contributed by atoms with Crippen LogP contribution in [-0.2, 0) is 30.1 Å². The second kappa shape index (κ2) is 6.98. The van der Waals surface area contributed by atoms with Crippen molar-refractivity contribution in [2.75, 3.05) is 0 Å². The Labute approximate surface area is 148 Å². The third kappa shape index (κ3) is 4.08. The summed E-state index contributed by atoms with van der Waals surface area (Å²) >= 11 is 0. The molecule has 1 atom stereocenters. The molecular formula is C18H27N5O2. The van der Waals surface area contributed by atoms with Crippen LogP contribution < -0.4 is 5.32 Å². The Hall–Kier alpha value is -2.18. The molecule has 0 bridgehead atoms. The molecule has 3 rings (SSSR count). The third-order valence-corrected chi connectivity index (χ3v) is 4.64. The maximum atomic E-state index is 12.3. The monoisotopic (exact) mass is 345 g/mol. The Bertz CT molecular complexity index is 741. The highest BCUT2D eigenvalue weighted by molar-refractivity contribution is 5.76. The van der Waals surface area contributed by atoms with Crippen LogP contribution in [0.5, 0.6) is 0 Å². The van der Waals surface area contributed by atoms with Crippen molar-refractivity contribution in [1.29, 1.82) is 0 Å². The quantitative estimate of drug-likeness (QED) is 0.900. The van der Waals surface area contributed by atoms with Gasteiger partial charge in [0.15, 0.2) is 5.82 Å². The molecule has 7 heteroatoms. The van der Waals surface area contributed by atoms with E-state index in [0.717, 1.165) is 24.8 Å². The van der Waals surface area contributed by atoms with Crippen molar-refractivity contribution < 1.29 is 9.32 Å². The van der Waals surface area contributed by atoms with E-state index in [1.165, 1.54) is 5.69 Å². The van der Waals surface area contributed by atoms with Crippen molar-refractivity contribution >= 4 is 5.91 Å². The van der Waals surface area contributed by atoms with Crippen LogP contribution in [0.1, 0.15) is 75.5 Å². The van der Waals surface area contributed by atoms with Gasteiger partial charge in [0.2, 0.25) is 11.8 Å². The first-order valence-corrected chi connectivity index (χ1v) is 8.98. The SMILES string of the molecule is Cn1ncc2c1CCCC2NC(=O)CCCc1nc(C(C)(C)C)no1. The van der Waals surface area contributed by atoms with Gasteiger partial charge in [-0.25, -0.2) is 0 Å². The first kappa shape index (κ1) is 17.6. The van der Waals surface area contributed by atoms with E-state index in [0.29, 0.717) is 31.0 Å². The van der Waals surface area contributed by atoms with Crippen molar-refractivity contribution in [1.82, 2.24) is 25.2 Å². The molecule has 0 aromatic carbocycles. The third-order valence-electron chi connectivity index (χ3n) is 4.64. The van der Waals surface area contributed by atoms with Crippen LogP contribution >= 0.6 is 0 Å². The number of hydrogen-bond acceptors (Lipinski definition) is 5. The zero-order valence-electron chi connectivity index (χ0n) is 15.5. The molecule has 1 N–H and O–H groups in total. The van der Waals surface area contributed by atoms with E-state index in [1.54, 1.807) is 0 Å². The predicted octanol–water partition coefficient (Wildman–Crippen LogP) is 2.62. The lowest BCUT2D eigenvalue weighted by atomic mass is 9.93. The van der Waals surface area contributed by atoms with E-state index >= 15 is 0 Å². The van der Waals surface area contributed by atoms with Crippen molar-refractivity contribution in [3.8, 4) is 0 Å². The lowest BCUT2D eigenvalue weighted by Gasteiger charge is -2.23. The molecule has 0 fully saturated rings. The van der Waals surface area contributed by atoms with E-state index in [1.807, 2.05) is 38.7 Å². The number of aryl methyl sites for hydroxylation is 2. The average molecular weight is 345 g/mol. The minimum absolute atomic E-state index is 0.0669. The highest BCUT2D eigenvalue weighted by Gasteiger charge is 2.25. The summed E-state index contributed by atoms with van der Waals surface area (Å²) in [4.78, 5) is 16.7. The number of carbonyl (C=O) groups is 1. The molecular weight excluding hydrogens is 318 g/mol. The number of nitrogens with zero attached hydrogens (tertiary/aromatic N) is 4. The molecule has 2 aromatic rings. The van der Waals surface area contributed by atoms with Gasteiger partial charge in [-0.1, -0.05) is 25.9 Å². The number of aromatic nitrogens is 4. The smallest absolute Gasteiger partial charge is 0.226 e. The highest BCUT2D eigenvalue weighted by Crippen LogP contribution is 2.29. The van der Waals surface area contributed by atoms with Crippen LogP contribution in [0.15, 0.2) is 10.7 Å². The van der Waals surface area contributed by atoms with Gasteiger partial charge in [0.05, 0.1) is 12.2 Å². The Morgan fingerprint density at radius 2 is 2.24 bits per heavy atom. The van der Waals surface area contributed by atoms with Crippen molar-refractivity contribution in [2.45, 2.75) is 70.8 Å². The van der Waals surface area contributed by atoms with Gasteiger partial charge in [0, 0.05) is 36.6 Å². The largest absolute Gasteiger partial charge is 0.349 e. The van der Waals surface area contributed by atoms with E-state index < -0.39 is 0 Å². The Morgan fingerprint density at radius 1 is 1.44 bits per heavy atom. The molecule has 136 valence electrons. The van der Waals surface area contributed by atoms with Crippen molar-refractivity contribution in [2.24, 2.45) is 7.05 Å². The fraction of sp³-hybridized carbons (Fsp3) is 0.667. The maximum absolute atomic E-state index is 12.3. The molecule has 1 unspecified atom stereocenters. The summed E-state index contributed by atoms with van der Waals surface area (Å²) < 4.78 is 7.18. The fourth-order valence-corrected chi connectivity index (χ4v) is 3.18. The van der Waals surface area contributed by atoms with Gasteiger partial charge < -0.3 is 9.84 Å². The summed E-state index contributed by atoms with van der Waals surface area (Å²) in [5.41, 5.74) is 2.27. The second-order valence-corrected chi connectivity index (χ2v) is 7.80. The fourth-order valence-electron chi connectivity index (χ4n) is 3.18. The number of fused-ring (bicyclic) bond motifs is 1. The van der Waals surface area contributed by atoms with E-state index in [4.69, 9.17) is 4.52 Å². The van der Waals surface area contributed by atoms with E-state index in [2.05, 4.69) is 20.6 Å². The zero-order chi connectivity index (χ0) is 18.0. The topological polar surface area (TPSA) is 85.8 Å². The second-order valence-electron chi connectivity index (χ2n) is 7.80. The average Bonchev–Trinajstić information content (AvgIpc) is 3.15. The Kier molecular flexibility index (Phi) is 4.92. The molecule has 1 aliphatic carbocycles. The summed E-state index contributed by atoms with van der Waals surface area (Å²) in [5.74, 6) is 1.38. The number of carbonyl (C=O) groups excluding carboxylic acids is 1. The van der Waals surface area contributed by atoms with E-state index in [-0.39, 0.29) is 17.4 Å². The first-order valence-electron chi connectivity index (χ1n) is 8.98. The number of rotatable bonds is 5. The standard InChI is InChI=1S/C18H27N5O2/c1-18(2,3)17-21-16(25-22-17)10-6-9-15(24)20-13-7-5-8-14-12(13)11-19-23(14)4/h11,13H,5-10H2,1-4H3,(H,20,24). The van der Waals surface area contributed by atoms with Gasteiger partial charge in [0.1, 0.15) is 0 Å². The lowest BCUT2D eigenvalue weighted by Crippen LogP contribution is -2.30. The Morgan fingerprint density at radius 3 is 2.96 bits per heavy atom. The molecule has 0 saturated heterocycles. The van der Waals surface area contributed by atoms with Gasteiger partial charge in [-0.15, -0.1) is 0 Å².